The number of aromatic nitrogens is 1. The van der Waals surface area contributed by atoms with Crippen molar-refractivity contribution in [1.82, 2.24) is 4.98 Å². The Balaban J connectivity index is 2.36. The first-order valence-electron chi connectivity index (χ1n) is 6.37. The zero-order valence-corrected chi connectivity index (χ0v) is 11.2. The number of nitrogens with zero attached hydrogens (tertiary/aromatic N) is 1. The Morgan fingerprint density at radius 1 is 0.900 bits per heavy atom. The molecule has 0 aliphatic heterocycles. The van der Waals surface area contributed by atoms with E-state index in [2.05, 4.69) is 4.98 Å². The smallest absolute Gasteiger partial charge is 0.132 e. The lowest BCUT2D eigenvalue weighted by Gasteiger charge is -2.09. The number of hydrogen-bond donors (Lipinski definition) is 0. The molecule has 0 atom stereocenters. The summed E-state index contributed by atoms with van der Waals surface area (Å²) in [5, 5.41) is 1.81. The number of pyridine rings is 1. The van der Waals surface area contributed by atoms with Crippen LogP contribution < -0.4 is 0 Å². The maximum Gasteiger partial charge on any atom is 0.132 e. The van der Waals surface area contributed by atoms with Gasteiger partial charge in [0.05, 0.1) is 5.69 Å². The van der Waals surface area contributed by atoms with Crippen LogP contribution in [0.1, 0.15) is 11.1 Å². The Morgan fingerprint density at radius 3 is 2.45 bits per heavy atom. The highest BCUT2D eigenvalue weighted by atomic mass is 19.1. The SMILES string of the molecule is Cc1cc2ccnc(-c3cc(F)ccc3F)c2cc1C. The fourth-order valence-corrected chi connectivity index (χ4v) is 2.34. The molecule has 3 aromatic rings. The van der Waals surface area contributed by atoms with E-state index < -0.39 is 11.6 Å². The number of halogens is 2. The Hall–Kier alpha value is -2.29. The quantitative estimate of drug-likeness (QED) is 0.618. The van der Waals surface area contributed by atoms with Crippen LogP contribution in [0.2, 0.25) is 0 Å². The molecule has 0 amide bonds. The molecule has 0 fully saturated rings. The standard InChI is InChI=1S/C17H13F2N/c1-10-7-12-5-6-20-17(14(12)8-11(10)2)15-9-13(18)3-4-16(15)19/h3-9H,1-2H3. The fraction of sp³-hybridized carbons (Fsp3) is 0.118. The van der Waals surface area contributed by atoms with Crippen LogP contribution in [0.15, 0.2) is 42.6 Å². The molecule has 0 unspecified atom stereocenters. The summed E-state index contributed by atoms with van der Waals surface area (Å²) in [7, 11) is 0. The molecule has 0 saturated carbocycles. The van der Waals surface area contributed by atoms with E-state index in [9.17, 15) is 8.78 Å². The predicted molar refractivity (Wildman–Crippen MR) is 76.6 cm³/mol. The minimum absolute atomic E-state index is 0.193. The third-order valence-electron chi connectivity index (χ3n) is 3.56. The highest BCUT2D eigenvalue weighted by Crippen LogP contribution is 2.30. The van der Waals surface area contributed by atoms with Gasteiger partial charge < -0.3 is 0 Å². The van der Waals surface area contributed by atoms with Crippen LogP contribution in [0.4, 0.5) is 8.78 Å². The minimum Gasteiger partial charge on any atom is -0.255 e. The highest BCUT2D eigenvalue weighted by molar-refractivity contribution is 5.95. The van der Waals surface area contributed by atoms with Gasteiger partial charge in [0.1, 0.15) is 11.6 Å². The fourth-order valence-electron chi connectivity index (χ4n) is 2.34. The molecule has 20 heavy (non-hydrogen) atoms. The summed E-state index contributed by atoms with van der Waals surface area (Å²) >= 11 is 0. The average molecular weight is 269 g/mol. The Bertz CT molecular complexity index is 809. The Kier molecular flexibility index (Phi) is 2.97. The first kappa shape index (κ1) is 12.7. The van der Waals surface area contributed by atoms with Crippen molar-refractivity contribution in [3.8, 4) is 11.3 Å². The summed E-state index contributed by atoms with van der Waals surface area (Å²) < 4.78 is 27.3. The molecule has 0 aliphatic rings. The van der Waals surface area contributed by atoms with E-state index in [-0.39, 0.29) is 5.56 Å². The van der Waals surface area contributed by atoms with Gasteiger partial charge in [-0.3, -0.25) is 4.98 Å². The van der Waals surface area contributed by atoms with Gasteiger partial charge in [-0.15, -0.1) is 0 Å². The van der Waals surface area contributed by atoms with Crippen LogP contribution in [0, 0.1) is 25.5 Å². The van der Waals surface area contributed by atoms with Gasteiger partial charge in [-0.1, -0.05) is 6.07 Å². The number of fused-ring (bicyclic) bond motifs is 1. The highest BCUT2D eigenvalue weighted by Gasteiger charge is 2.12. The largest absolute Gasteiger partial charge is 0.255 e. The lowest BCUT2D eigenvalue weighted by Crippen LogP contribution is -1.92. The summed E-state index contributed by atoms with van der Waals surface area (Å²) in [6.07, 6.45) is 1.62. The molecular weight excluding hydrogens is 256 g/mol. The van der Waals surface area contributed by atoms with E-state index in [1.165, 1.54) is 6.07 Å². The molecule has 0 spiro atoms. The van der Waals surface area contributed by atoms with Crippen LogP contribution >= 0.6 is 0 Å². The van der Waals surface area contributed by atoms with Crippen LogP contribution in [-0.2, 0) is 0 Å². The van der Waals surface area contributed by atoms with Crippen LogP contribution in [-0.4, -0.2) is 4.98 Å². The van der Waals surface area contributed by atoms with Crippen molar-refractivity contribution in [3.63, 3.8) is 0 Å². The van der Waals surface area contributed by atoms with Gasteiger partial charge in [0, 0.05) is 17.1 Å². The zero-order valence-electron chi connectivity index (χ0n) is 11.2. The number of benzene rings is 2. The monoisotopic (exact) mass is 269 g/mol. The summed E-state index contributed by atoms with van der Waals surface area (Å²) in [5.41, 5.74) is 2.93. The molecular formula is C17H13F2N. The first-order valence-corrected chi connectivity index (χ1v) is 6.37. The lowest BCUT2D eigenvalue weighted by atomic mass is 9.99. The lowest BCUT2D eigenvalue weighted by molar-refractivity contribution is 0.603. The van der Waals surface area contributed by atoms with Crippen molar-refractivity contribution in [2.45, 2.75) is 13.8 Å². The molecule has 0 bridgehead atoms. The molecule has 3 rings (SSSR count). The van der Waals surface area contributed by atoms with Gasteiger partial charge in [0.2, 0.25) is 0 Å². The van der Waals surface area contributed by atoms with E-state index in [1.807, 2.05) is 32.0 Å². The molecule has 3 heteroatoms. The number of rotatable bonds is 1. The van der Waals surface area contributed by atoms with E-state index in [4.69, 9.17) is 0 Å². The normalized spacial score (nSPS) is 11.0. The molecule has 1 nitrogen and oxygen atoms in total. The topological polar surface area (TPSA) is 12.9 Å². The van der Waals surface area contributed by atoms with E-state index in [1.54, 1.807) is 6.20 Å². The molecule has 1 aromatic heterocycles. The van der Waals surface area contributed by atoms with E-state index in [0.717, 1.165) is 34.0 Å². The molecule has 1 heterocycles. The zero-order chi connectivity index (χ0) is 14.3. The minimum atomic E-state index is -0.468. The maximum absolute atomic E-state index is 14.0. The summed E-state index contributed by atoms with van der Waals surface area (Å²) in [6.45, 7) is 4.02. The second kappa shape index (κ2) is 4.67. The van der Waals surface area contributed by atoms with Crippen LogP contribution in [0.3, 0.4) is 0 Å². The van der Waals surface area contributed by atoms with Crippen molar-refractivity contribution < 1.29 is 8.78 Å². The second-order valence-electron chi connectivity index (χ2n) is 4.94. The van der Waals surface area contributed by atoms with Crippen molar-refractivity contribution in [1.29, 1.82) is 0 Å². The molecule has 0 aliphatic carbocycles. The summed E-state index contributed by atoms with van der Waals surface area (Å²) in [5.74, 6) is -0.936. The number of hydrogen-bond acceptors (Lipinski definition) is 1. The van der Waals surface area contributed by atoms with E-state index in [0.29, 0.717) is 5.69 Å². The van der Waals surface area contributed by atoms with Crippen molar-refractivity contribution in [3.05, 3.63) is 65.4 Å². The Labute approximate surface area is 115 Å². The summed E-state index contributed by atoms with van der Waals surface area (Å²) in [4.78, 5) is 4.24. The van der Waals surface area contributed by atoms with Gasteiger partial charge in [0.25, 0.3) is 0 Å². The third-order valence-corrected chi connectivity index (χ3v) is 3.56. The molecule has 0 N–H and O–H groups in total. The molecule has 0 saturated heterocycles. The van der Waals surface area contributed by atoms with E-state index >= 15 is 0 Å². The summed E-state index contributed by atoms with van der Waals surface area (Å²) in [6, 6.07) is 9.31. The van der Waals surface area contributed by atoms with Gasteiger partial charge in [-0.25, -0.2) is 8.78 Å². The van der Waals surface area contributed by atoms with Crippen LogP contribution in [0.5, 0.6) is 0 Å². The molecule has 2 aromatic carbocycles. The maximum atomic E-state index is 14.0. The van der Waals surface area contributed by atoms with Crippen molar-refractivity contribution in [2.75, 3.05) is 0 Å². The van der Waals surface area contributed by atoms with Gasteiger partial charge >= 0.3 is 0 Å². The third kappa shape index (κ3) is 2.05. The first-order chi connectivity index (χ1) is 9.56. The average Bonchev–Trinajstić information content (AvgIpc) is 2.42. The van der Waals surface area contributed by atoms with Gasteiger partial charge in [-0.05, 0) is 60.7 Å². The second-order valence-corrected chi connectivity index (χ2v) is 4.94. The van der Waals surface area contributed by atoms with Crippen molar-refractivity contribution >= 4 is 10.8 Å². The van der Waals surface area contributed by atoms with Gasteiger partial charge in [0.15, 0.2) is 0 Å². The van der Waals surface area contributed by atoms with Crippen LogP contribution in [0.25, 0.3) is 22.0 Å². The van der Waals surface area contributed by atoms with Gasteiger partial charge in [-0.2, -0.15) is 0 Å². The predicted octanol–water partition coefficient (Wildman–Crippen LogP) is 4.80. The molecule has 0 radical (unpaired) electrons. The number of aryl methyl sites for hydroxylation is 2. The Morgan fingerprint density at radius 2 is 1.65 bits per heavy atom. The molecule has 100 valence electrons. The van der Waals surface area contributed by atoms with Crippen molar-refractivity contribution in [2.24, 2.45) is 0 Å².